The van der Waals surface area contributed by atoms with Gasteiger partial charge in [-0.1, -0.05) is 97.3 Å². The van der Waals surface area contributed by atoms with Crippen LogP contribution in [0.15, 0.2) is 0 Å². The number of rotatable bonds is 30. The van der Waals surface area contributed by atoms with Gasteiger partial charge in [-0.15, -0.1) is 0 Å². The topological polar surface area (TPSA) is 206 Å². The van der Waals surface area contributed by atoms with Gasteiger partial charge in [-0.2, -0.15) is 0 Å². The minimum Gasteiger partial charge on any atom is -0.481 e. The lowest BCUT2D eigenvalue weighted by molar-refractivity contribution is -0.145. The van der Waals surface area contributed by atoms with Crippen molar-refractivity contribution in [1.29, 1.82) is 0 Å². The van der Waals surface area contributed by atoms with E-state index in [4.69, 9.17) is 5.11 Å². The number of amides is 1. The van der Waals surface area contributed by atoms with E-state index in [2.05, 4.69) is 22.9 Å². The highest BCUT2D eigenvalue weighted by Crippen LogP contribution is 2.13. The normalized spacial score (nSPS) is 13.4. The van der Waals surface area contributed by atoms with E-state index in [1.54, 1.807) is 6.92 Å². The fourth-order valence-corrected chi connectivity index (χ4v) is 5.04. The Labute approximate surface area is 256 Å². The first-order valence-corrected chi connectivity index (χ1v) is 15.9. The SMILES string of the molecule is CCCCCCCCCCCCCCCCNC(=O)C(CC(=O)O)NC(C(CC)NCC(=O)O)N(CC(=O)O)CC(=O)O. The van der Waals surface area contributed by atoms with Crippen molar-refractivity contribution >= 4 is 29.8 Å². The Morgan fingerprint density at radius 3 is 1.49 bits per heavy atom. The van der Waals surface area contributed by atoms with Crippen LogP contribution in [-0.2, 0) is 24.0 Å². The molecular weight excluding hydrogens is 560 g/mol. The summed E-state index contributed by atoms with van der Waals surface area (Å²) in [6.07, 6.45) is 15.2. The molecule has 0 aromatic rings. The van der Waals surface area contributed by atoms with Crippen molar-refractivity contribution in [3.05, 3.63) is 0 Å². The Hall–Kier alpha value is -2.77. The van der Waals surface area contributed by atoms with Crippen molar-refractivity contribution < 1.29 is 44.4 Å². The molecular formula is C30H56N4O9. The van der Waals surface area contributed by atoms with Gasteiger partial charge in [-0.3, -0.25) is 34.2 Å². The number of carboxylic acid groups (broad SMARTS) is 4. The molecule has 3 atom stereocenters. The Morgan fingerprint density at radius 1 is 0.628 bits per heavy atom. The number of carbonyl (C=O) groups is 5. The molecule has 3 unspecified atom stereocenters. The molecule has 0 aliphatic heterocycles. The van der Waals surface area contributed by atoms with Gasteiger partial charge in [0.25, 0.3) is 0 Å². The lowest BCUT2D eigenvalue weighted by Gasteiger charge is -2.38. The average molecular weight is 617 g/mol. The van der Waals surface area contributed by atoms with E-state index in [9.17, 15) is 39.3 Å². The molecule has 250 valence electrons. The van der Waals surface area contributed by atoms with Gasteiger partial charge in [0.15, 0.2) is 0 Å². The molecule has 0 heterocycles. The van der Waals surface area contributed by atoms with Crippen LogP contribution in [0.2, 0.25) is 0 Å². The van der Waals surface area contributed by atoms with Gasteiger partial charge in [-0.05, 0) is 12.8 Å². The molecule has 0 rings (SSSR count). The van der Waals surface area contributed by atoms with Gasteiger partial charge in [-0.25, -0.2) is 0 Å². The summed E-state index contributed by atoms with van der Waals surface area (Å²) in [7, 11) is 0. The van der Waals surface area contributed by atoms with E-state index < -0.39 is 74.1 Å². The highest BCUT2D eigenvalue weighted by Gasteiger charge is 2.34. The third-order valence-corrected chi connectivity index (χ3v) is 7.30. The molecule has 0 aliphatic rings. The van der Waals surface area contributed by atoms with Crippen LogP contribution in [0.25, 0.3) is 0 Å². The first-order valence-electron chi connectivity index (χ1n) is 15.9. The zero-order chi connectivity index (χ0) is 32.5. The fourth-order valence-electron chi connectivity index (χ4n) is 5.04. The minimum absolute atomic E-state index is 0.237. The molecule has 0 fully saturated rings. The van der Waals surface area contributed by atoms with E-state index >= 15 is 0 Å². The first-order chi connectivity index (χ1) is 20.5. The number of hydrogen-bond acceptors (Lipinski definition) is 8. The Balaban J connectivity index is 4.89. The van der Waals surface area contributed by atoms with Crippen molar-refractivity contribution in [2.75, 3.05) is 26.2 Å². The molecule has 0 aromatic heterocycles. The van der Waals surface area contributed by atoms with E-state index in [0.717, 1.165) is 24.2 Å². The summed E-state index contributed by atoms with van der Waals surface area (Å²) in [5, 5.41) is 45.5. The number of nitrogens with zero attached hydrogens (tertiary/aromatic N) is 1. The third-order valence-electron chi connectivity index (χ3n) is 7.30. The van der Waals surface area contributed by atoms with Crippen molar-refractivity contribution in [3.63, 3.8) is 0 Å². The second kappa shape index (κ2) is 25.7. The molecule has 0 saturated heterocycles. The first kappa shape index (κ1) is 40.2. The minimum atomic E-state index is -1.34. The van der Waals surface area contributed by atoms with Crippen LogP contribution in [0, 0.1) is 0 Å². The summed E-state index contributed by atoms with van der Waals surface area (Å²) in [4.78, 5) is 59.7. The molecule has 0 saturated carbocycles. The molecule has 0 radical (unpaired) electrons. The number of carboxylic acids is 4. The number of nitrogens with one attached hydrogen (secondary N) is 3. The molecule has 1 amide bonds. The maximum Gasteiger partial charge on any atom is 0.317 e. The van der Waals surface area contributed by atoms with Crippen molar-refractivity contribution in [1.82, 2.24) is 20.9 Å². The molecule has 43 heavy (non-hydrogen) atoms. The van der Waals surface area contributed by atoms with Crippen molar-refractivity contribution in [2.45, 2.75) is 135 Å². The zero-order valence-electron chi connectivity index (χ0n) is 26.2. The summed E-state index contributed by atoms with van der Waals surface area (Å²) in [6, 6.07) is -2.11. The maximum atomic E-state index is 13.0. The van der Waals surface area contributed by atoms with Gasteiger partial charge in [0, 0.05) is 12.6 Å². The predicted molar refractivity (Wildman–Crippen MR) is 163 cm³/mol. The summed E-state index contributed by atoms with van der Waals surface area (Å²) in [5.74, 6) is -5.75. The second-order valence-electron chi connectivity index (χ2n) is 11.1. The van der Waals surface area contributed by atoms with Gasteiger partial charge in [0.2, 0.25) is 5.91 Å². The van der Waals surface area contributed by atoms with Crippen molar-refractivity contribution in [3.8, 4) is 0 Å². The monoisotopic (exact) mass is 616 g/mol. The number of carbonyl (C=O) groups excluding carboxylic acids is 1. The second-order valence-corrected chi connectivity index (χ2v) is 11.1. The van der Waals surface area contributed by atoms with Gasteiger partial charge >= 0.3 is 23.9 Å². The van der Waals surface area contributed by atoms with E-state index in [1.165, 1.54) is 64.2 Å². The van der Waals surface area contributed by atoms with Crippen LogP contribution in [0.5, 0.6) is 0 Å². The largest absolute Gasteiger partial charge is 0.481 e. The molecule has 7 N–H and O–H groups in total. The van der Waals surface area contributed by atoms with Crippen LogP contribution >= 0.6 is 0 Å². The summed E-state index contributed by atoms with van der Waals surface area (Å²) < 4.78 is 0. The number of hydrogen-bond donors (Lipinski definition) is 7. The summed E-state index contributed by atoms with van der Waals surface area (Å²) in [5.41, 5.74) is 0. The van der Waals surface area contributed by atoms with E-state index in [1.807, 2.05) is 0 Å². The van der Waals surface area contributed by atoms with Crippen LogP contribution < -0.4 is 16.0 Å². The Bertz CT molecular complexity index is 797. The molecule has 13 nitrogen and oxygen atoms in total. The van der Waals surface area contributed by atoms with E-state index in [0.29, 0.717) is 13.0 Å². The Kier molecular flexibility index (Phi) is 24.0. The van der Waals surface area contributed by atoms with Crippen molar-refractivity contribution in [2.24, 2.45) is 0 Å². The number of aliphatic carboxylic acids is 4. The zero-order valence-corrected chi connectivity index (χ0v) is 26.2. The molecule has 0 spiro atoms. The third kappa shape index (κ3) is 22.4. The van der Waals surface area contributed by atoms with Gasteiger partial charge in [0.05, 0.1) is 38.3 Å². The highest BCUT2D eigenvalue weighted by molar-refractivity contribution is 5.86. The maximum absolute atomic E-state index is 13.0. The standard InChI is InChI=1S/C30H56N4O9/c1-3-5-6-7-8-9-10-11-12-13-14-15-16-17-18-31-30(43)24(19-25(35)36)33-29(23(4-2)32-20-26(37)38)34(21-27(39)40)22-28(41)42/h23-24,29,32-33H,3-22H2,1-2H3,(H,31,43)(H,35,36)(H,37,38)(H,39,40)(H,41,42). The number of unbranched alkanes of at least 4 members (excludes halogenated alkanes) is 13. The highest BCUT2D eigenvalue weighted by atomic mass is 16.4. The van der Waals surface area contributed by atoms with Crippen LogP contribution in [0.3, 0.4) is 0 Å². The molecule has 13 heteroatoms. The average Bonchev–Trinajstić information content (AvgIpc) is 2.92. The Morgan fingerprint density at radius 2 is 1.09 bits per heavy atom. The predicted octanol–water partition coefficient (Wildman–Crippen LogP) is 3.27. The van der Waals surface area contributed by atoms with E-state index in [-0.39, 0.29) is 6.42 Å². The quantitative estimate of drug-likeness (QED) is 0.0459. The summed E-state index contributed by atoms with van der Waals surface area (Å²) in [6.45, 7) is 2.28. The fraction of sp³-hybridized carbons (Fsp3) is 0.833. The van der Waals surface area contributed by atoms with Gasteiger partial charge in [0.1, 0.15) is 0 Å². The lowest BCUT2D eigenvalue weighted by Crippen LogP contribution is -2.64. The smallest absolute Gasteiger partial charge is 0.317 e. The van der Waals surface area contributed by atoms with Crippen LogP contribution in [0.1, 0.15) is 117 Å². The van der Waals surface area contributed by atoms with Crippen LogP contribution in [-0.4, -0.2) is 99.5 Å². The lowest BCUT2D eigenvalue weighted by atomic mass is 10.0. The molecule has 0 aromatic carbocycles. The van der Waals surface area contributed by atoms with Crippen LogP contribution in [0.4, 0.5) is 0 Å². The molecule has 0 aliphatic carbocycles. The van der Waals surface area contributed by atoms with Gasteiger partial charge < -0.3 is 31.1 Å². The molecule has 0 bridgehead atoms. The summed E-state index contributed by atoms with van der Waals surface area (Å²) >= 11 is 0.